The van der Waals surface area contributed by atoms with Crippen molar-refractivity contribution >= 4 is 11.5 Å². The van der Waals surface area contributed by atoms with E-state index in [0.29, 0.717) is 38.0 Å². The number of nitro groups is 1. The van der Waals surface area contributed by atoms with Crippen LogP contribution in [0.25, 0.3) is 0 Å². The smallest absolute Gasteiger partial charge is 0.274 e. The van der Waals surface area contributed by atoms with Crippen LogP contribution in [0.2, 0.25) is 0 Å². The number of piperidine rings is 1. The summed E-state index contributed by atoms with van der Waals surface area (Å²) < 4.78 is 13.1. The highest BCUT2D eigenvalue weighted by Crippen LogP contribution is 2.22. The largest absolute Gasteiger partial charge is 0.300 e. The summed E-state index contributed by atoms with van der Waals surface area (Å²) in [6, 6.07) is 3.45. The van der Waals surface area contributed by atoms with Gasteiger partial charge in [-0.05, 0) is 12.1 Å². The van der Waals surface area contributed by atoms with Crippen LogP contribution in [0.1, 0.15) is 18.4 Å². The first kappa shape index (κ1) is 12.6. The average molecular weight is 252 g/mol. The van der Waals surface area contributed by atoms with Gasteiger partial charge in [0.25, 0.3) is 5.69 Å². The molecule has 0 atom stereocenters. The lowest BCUT2D eigenvalue weighted by molar-refractivity contribution is -0.385. The van der Waals surface area contributed by atoms with E-state index in [1.807, 2.05) is 4.90 Å². The van der Waals surface area contributed by atoms with Crippen molar-refractivity contribution in [2.75, 3.05) is 13.1 Å². The Labute approximate surface area is 103 Å². The van der Waals surface area contributed by atoms with E-state index in [-0.39, 0.29) is 11.5 Å². The first-order chi connectivity index (χ1) is 8.56. The van der Waals surface area contributed by atoms with Gasteiger partial charge in [-0.3, -0.25) is 19.8 Å². The molecule has 1 fully saturated rings. The molecule has 1 aromatic carbocycles. The minimum Gasteiger partial charge on any atom is -0.300 e. The molecule has 0 bridgehead atoms. The van der Waals surface area contributed by atoms with Crippen LogP contribution in [-0.2, 0) is 11.3 Å². The highest BCUT2D eigenvalue weighted by Gasteiger charge is 2.20. The Balaban J connectivity index is 2.15. The molecule has 0 radical (unpaired) electrons. The molecule has 1 saturated heterocycles. The number of hydrogen-bond donors (Lipinski definition) is 0. The maximum atomic E-state index is 13.1. The third-order valence-electron chi connectivity index (χ3n) is 3.05. The van der Waals surface area contributed by atoms with E-state index in [1.54, 1.807) is 0 Å². The van der Waals surface area contributed by atoms with E-state index in [9.17, 15) is 19.3 Å². The lowest BCUT2D eigenvalue weighted by Gasteiger charge is -2.25. The van der Waals surface area contributed by atoms with E-state index >= 15 is 0 Å². The number of nitrogens with zero attached hydrogens (tertiary/aromatic N) is 2. The summed E-state index contributed by atoms with van der Waals surface area (Å²) in [6.45, 7) is 1.46. The van der Waals surface area contributed by atoms with Crippen molar-refractivity contribution < 1.29 is 14.1 Å². The fourth-order valence-electron chi connectivity index (χ4n) is 2.06. The number of carbonyl (C=O) groups excluding carboxylic acids is 1. The quantitative estimate of drug-likeness (QED) is 0.608. The van der Waals surface area contributed by atoms with E-state index in [0.717, 1.165) is 6.07 Å². The van der Waals surface area contributed by atoms with E-state index in [2.05, 4.69) is 0 Å². The molecule has 5 nitrogen and oxygen atoms in total. The molecule has 0 N–H and O–H groups in total. The Morgan fingerprint density at radius 2 is 2.00 bits per heavy atom. The lowest BCUT2D eigenvalue weighted by atomic mass is 10.1. The molecular weight excluding hydrogens is 239 g/mol. The van der Waals surface area contributed by atoms with Gasteiger partial charge in [0, 0.05) is 44.1 Å². The second-order valence-corrected chi connectivity index (χ2v) is 4.34. The number of ketones is 1. The SMILES string of the molecule is O=C1CCN(Cc2cc(F)ccc2[N+](=O)[O-])CC1. The Hall–Kier alpha value is -1.82. The number of halogens is 1. The Morgan fingerprint density at radius 3 is 2.61 bits per heavy atom. The lowest BCUT2D eigenvalue weighted by Crippen LogP contribution is -2.33. The predicted octanol–water partition coefficient (Wildman–Crippen LogP) is 1.90. The molecular formula is C12H13FN2O3. The van der Waals surface area contributed by atoms with E-state index < -0.39 is 10.7 Å². The van der Waals surface area contributed by atoms with Crippen LogP contribution in [-0.4, -0.2) is 28.7 Å². The highest BCUT2D eigenvalue weighted by molar-refractivity contribution is 5.79. The van der Waals surface area contributed by atoms with E-state index in [4.69, 9.17) is 0 Å². The summed E-state index contributed by atoms with van der Waals surface area (Å²) in [6.07, 6.45) is 0.923. The topological polar surface area (TPSA) is 63.5 Å². The van der Waals surface area contributed by atoms with Gasteiger partial charge in [0.1, 0.15) is 11.6 Å². The molecule has 1 heterocycles. The van der Waals surface area contributed by atoms with Crippen LogP contribution in [0.15, 0.2) is 18.2 Å². The molecule has 1 aliphatic rings. The molecule has 18 heavy (non-hydrogen) atoms. The van der Waals surface area contributed by atoms with Crippen molar-refractivity contribution in [1.82, 2.24) is 4.90 Å². The number of rotatable bonds is 3. The van der Waals surface area contributed by atoms with Crippen molar-refractivity contribution in [1.29, 1.82) is 0 Å². The van der Waals surface area contributed by atoms with Gasteiger partial charge in [-0.2, -0.15) is 0 Å². The molecule has 96 valence electrons. The van der Waals surface area contributed by atoms with Crippen molar-refractivity contribution in [2.24, 2.45) is 0 Å². The van der Waals surface area contributed by atoms with Gasteiger partial charge >= 0.3 is 0 Å². The summed E-state index contributed by atoms with van der Waals surface area (Å²) in [5, 5.41) is 10.8. The second-order valence-electron chi connectivity index (χ2n) is 4.34. The summed E-state index contributed by atoms with van der Waals surface area (Å²) in [5.74, 6) is -0.274. The molecule has 0 saturated carbocycles. The van der Waals surface area contributed by atoms with Crippen LogP contribution in [0.3, 0.4) is 0 Å². The standard InChI is InChI=1S/C12H13FN2O3/c13-10-1-2-12(15(17)18)9(7-10)8-14-5-3-11(16)4-6-14/h1-2,7H,3-6,8H2. The maximum absolute atomic E-state index is 13.1. The monoisotopic (exact) mass is 252 g/mol. The molecule has 2 rings (SSSR count). The third-order valence-corrected chi connectivity index (χ3v) is 3.05. The minimum absolute atomic E-state index is 0.0756. The Kier molecular flexibility index (Phi) is 3.66. The zero-order valence-electron chi connectivity index (χ0n) is 9.76. The number of carbonyl (C=O) groups is 1. The summed E-state index contributed by atoms with van der Waals surface area (Å²) >= 11 is 0. The van der Waals surface area contributed by atoms with Crippen molar-refractivity contribution in [2.45, 2.75) is 19.4 Å². The van der Waals surface area contributed by atoms with Crippen molar-refractivity contribution in [3.8, 4) is 0 Å². The summed E-state index contributed by atoms with van der Waals surface area (Å²) in [4.78, 5) is 23.4. The number of benzene rings is 1. The number of Topliss-reactive ketones (excluding diaryl/α,β-unsaturated/α-hetero) is 1. The molecule has 6 heteroatoms. The molecule has 0 amide bonds. The molecule has 0 aromatic heterocycles. The van der Waals surface area contributed by atoms with Crippen LogP contribution in [0.5, 0.6) is 0 Å². The van der Waals surface area contributed by atoms with Crippen LogP contribution in [0, 0.1) is 15.9 Å². The van der Waals surface area contributed by atoms with Crippen LogP contribution < -0.4 is 0 Å². The first-order valence-corrected chi connectivity index (χ1v) is 5.73. The zero-order valence-corrected chi connectivity index (χ0v) is 9.76. The second kappa shape index (κ2) is 5.22. The summed E-state index contributed by atoms with van der Waals surface area (Å²) in [5.41, 5.74) is 0.280. The molecule has 0 unspecified atom stereocenters. The molecule has 1 aliphatic heterocycles. The van der Waals surface area contributed by atoms with E-state index in [1.165, 1.54) is 12.1 Å². The minimum atomic E-state index is -0.510. The van der Waals surface area contributed by atoms with Gasteiger partial charge in [0.05, 0.1) is 4.92 Å². The normalized spacial score (nSPS) is 16.8. The van der Waals surface area contributed by atoms with Crippen LogP contribution in [0.4, 0.5) is 10.1 Å². The highest BCUT2D eigenvalue weighted by atomic mass is 19.1. The molecule has 0 aliphatic carbocycles. The van der Waals surface area contributed by atoms with Crippen molar-refractivity contribution in [3.63, 3.8) is 0 Å². The third kappa shape index (κ3) is 2.89. The molecule has 1 aromatic rings. The van der Waals surface area contributed by atoms with Gasteiger partial charge < -0.3 is 0 Å². The van der Waals surface area contributed by atoms with Gasteiger partial charge in [-0.25, -0.2) is 4.39 Å². The number of hydrogen-bond acceptors (Lipinski definition) is 4. The fraction of sp³-hybridized carbons (Fsp3) is 0.417. The van der Waals surface area contributed by atoms with Gasteiger partial charge in [-0.15, -0.1) is 0 Å². The van der Waals surface area contributed by atoms with Gasteiger partial charge in [0.2, 0.25) is 0 Å². The van der Waals surface area contributed by atoms with Crippen molar-refractivity contribution in [3.05, 3.63) is 39.7 Å². The van der Waals surface area contributed by atoms with Gasteiger partial charge in [0.15, 0.2) is 0 Å². The fourth-order valence-corrected chi connectivity index (χ4v) is 2.06. The average Bonchev–Trinajstić information content (AvgIpc) is 2.32. The zero-order chi connectivity index (χ0) is 13.1. The number of nitro benzene ring substituents is 1. The maximum Gasteiger partial charge on any atom is 0.274 e. The molecule has 0 spiro atoms. The predicted molar refractivity (Wildman–Crippen MR) is 62.6 cm³/mol. The van der Waals surface area contributed by atoms with Gasteiger partial charge in [-0.1, -0.05) is 0 Å². The number of likely N-dealkylation sites (tertiary alicyclic amines) is 1. The summed E-state index contributed by atoms with van der Waals surface area (Å²) in [7, 11) is 0. The van der Waals surface area contributed by atoms with Crippen LogP contribution >= 0.6 is 0 Å². The Bertz CT molecular complexity index is 480. The Morgan fingerprint density at radius 1 is 1.33 bits per heavy atom. The first-order valence-electron chi connectivity index (χ1n) is 5.73.